The van der Waals surface area contributed by atoms with Gasteiger partial charge < -0.3 is 15.2 Å². The fourth-order valence-electron chi connectivity index (χ4n) is 1.37. The van der Waals surface area contributed by atoms with Crippen molar-refractivity contribution in [1.29, 1.82) is 0 Å². The fourth-order valence-corrected chi connectivity index (χ4v) is 1.37. The van der Waals surface area contributed by atoms with Crippen LogP contribution in [0.1, 0.15) is 30.3 Å². The van der Waals surface area contributed by atoms with Crippen LogP contribution in [0, 0.1) is 0 Å². The maximum atomic E-state index is 10.6. The lowest BCUT2D eigenvalue weighted by molar-refractivity contribution is 0.0690. The third kappa shape index (κ3) is 5.74. The minimum Gasteiger partial charge on any atom is -0.476 e. The SMILES string of the molecule is CCCOCCCNCCn1cc(C(=O)O)nn1. The number of aromatic nitrogens is 3. The number of hydrogen-bond acceptors (Lipinski definition) is 5. The smallest absolute Gasteiger partial charge is 0.358 e. The molecule has 0 aliphatic carbocycles. The summed E-state index contributed by atoms with van der Waals surface area (Å²) in [5.74, 6) is -1.05. The number of ether oxygens (including phenoxy) is 1. The van der Waals surface area contributed by atoms with Gasteiger partial charge in [-0.3, -0.25) is 4.68 Å². The molecule has 0 radical (unpaired) electrons. The van der Waals surface area contributed by atoms with Crippen molar-refractivity contribution >= 4 is 5.97 Å². The number of carbonyl (C=O) groups is 1. The first-order chi connectivity index (χ1) is 8.74. The van der Waals surface area contributed by atoms with E-state index in [0.717, 1.165) is 39.1 Å². The zero-order chi connectivity index (χ0) is 13.2. The normalized spacial score (nSPS) is 10.7. The molecular weight excluding hydrogens is 236 g/mol. The summed E-state index contributed by atoms with van der Waals surface area (Å²) in [6, 6.07) is 0. The standard InChI is InChI=1S/C11H20N4O3/c1-2-7-18-8-3-4-12-5-6-15-9-10(11(16)17)13-14-15/h9,12H,2-8H2,1H3,(H,16,17). The Kier molecular flexibility index (Phi) is 6.97. The first kappa shape index (κ1) is 14.6. The van der Waals surface area contributed by atoms with Crippen molar-refractivity contribution in [2.24, 2.45) is 0 Å². The molecule has 1 aromatic rings. The van der Waals surface area contributed by atoms with E-state index in [4.69, 9.17) is 9.84 Å². The third-order valence-corrected chi connectivity index (χ3v) is 2.27. The molecular formula is C11H20N4O3. The Bertz CT molecular complexity index is 354. The van der Waals surface area contributed by atoms with E-state index in [1.165, 1.54) is 10.9 Å². The van der Waals surface area contributed by atoms with E-state index in [1.807, 2.05) is 0 Å². The summed E-state index contributed by atoms with van der Waals surface area (Å²) in [6.07, 6.45) is 3.44. The minimum atomic E-state index is -1.05. The number of nitrogens with zero attached hydrogens (tertiary/aromatic N) is 3. The fraction of sp³-hybridized carbons (Fsp3) is 0.727. The lowest BCUT2D eigenvalue weighted by Crippen LogP contribution is -2.22. The van der Waals surface area contributed by atoms with Gasteiger partial charge in [-0.2, -0.15) is 0 Å². The van der Waals surface area contributed by atoms with Crippen LogP contribution in [-0.4, -0.2) is 52.4 Å². The lowest BCUT2D eigenvalue weighted by atomic mass is 10.4. The molecule has 1 heterocycles. The van der Waals surface area contributed by atoms with Crippen molar-refractivity contribution in [2.75, 3.05) is 26.3 Å². The van der Waals surface area contributed by atoms with Gasteiger partial charge in [0, 0.05) is 19.8 Å². The predicted molar refractivity (Wildman–Crippen MR) is 65.6 cm³/mol. The van der Waals surface area contributed by atoms with Crippen LogP contribution in [0.2, 0.25) is 0 Å². The second-order valence-electron chi connectivity index (χ2n) is 3.89. The van der Waals surface area contributed by atoms with Gasteiger partial charge in [-0.05, 0) is 19.4 Å². The van der Waals surface area contributed by atoms with Gasteiger partial charge >= 0.3 is 5.97 Å². The molecule has 0 bridgehead atoms. The first-order valence-corrected chi connectivity index (χ1v) is 6.16. The summed E-state index contributed by atoms with van der Waals surface area (Å²) in [7, 11) is 0. The molecule has 0 saturated heterocycles. The Morgan fingerprint density at radius 1 is 1.50 bits per heavy atom. The maximum absolute atomic E-state index is 10.6. The largest absolute Gasteiger partial charge is 0.476 e. The molecule has 0 aliphatic rings. The number of rotatable bonds is 10. The van der Waals surface area contributed by atoms with Crippen molar-refractivity contribution in [3.63, 3.8) is 0 Å². The Morgan fingerprint density at radius 3 is 3.00 bits per heavy atom. The zero-order valence-electron chi connectivity index (χ0n) is 10.6. The average molecular weight is 256 g/mol. The summed E-state index contributed by atoms with van der Waals surface area (Å²) in [6.45, 7) is 5.89. The van der Waals surface area contributed by atoms with Crippen LogP contribution in [0.4, 0.5) is 0 Å². The minimum absolute atomic E-state index is 0.0250. The molecule has 7 heteroatoms. The Hall–Kier alpha value is -1.47. The first-order valence-electron chi connectivity index (χ1n) is 6.16. The Labute approximate surface area is 106 Å². The molecule has 2 N–H and O–H groups in total. The highest BCUT2D eigenvalue weighted by Crippen LogP contribution is 1.91. The van der Waals surface area contributed by atoms with Gasteiger partial charge in [0.05, 0.1) is 12.7 Å². The van der Waals surface area contributed by atoms with Crippen molar-refractivity contribution in [3.8, 4) is 0 Å². The van der Waals surface area contributed by atoms with Crippen molar-refractivity contribution < 1.29 is 14.6 Å². The van der Waals surface area contributed by atoms with E-state index in [1.54, 1.807) is 0 Å². The molecule has 0 amide bonds. The van der Waals surface area contributed by atoms with Crippen LogP contribution in [0.15, 0.2) is 6.20 Å². The molecule has 1 aromatic heterocycles. The number of carboxylic acids is 1. The molecule has 0 aliphatic heterocycles. The Morgan fingerprint density at radius 2 is 2.33 bits per heavy atom. The summed E-state index contributed by atoms with van der Waals surface area (Å²) < 4.78 is 6.86. The number of aromatic carboxylic acids is 1. The van der Waals surface area contributed by atoms with Crippen LogP contribution in [-0.2, 0) is 11.3 Å². The maximum Gasteiger partial charge on any atom is 0.358 e. The van der Waals surface area contributed by atoms with Crippen LogP contribution in [0.3, 0.4) is 0 Å². The predicted octanol–water partition coefficient (Wildman–Crippen LogP) is 0.383. The number of carboxylic acid groups (broad SMARTS) is 1. The summed E-state index contributed by atoms with van der Waals surface area (Å²) >= 11 is 0. The monoisotopic (exact) mass is 256 g/mol. The second kappa shape index (κ2) is 8.60. The van der Waals surface area contributed by atoms with Gasteiger partial charge in [0.15, 0.2) is 5.69 Å². The van der Waals surface area contributed by atoms with Gasteiger partial charge in [0.2, 0.25) is 0 Å². The molecule has 0 spiro atoms. The van der Waals surface area contributed by atoms with Gasteiger partial charge in [-0.15, -0.1) is 5.10 Å². The van der Waals surface area contributed by atoms with E-state index < -0.39 is 5.97 Å². The van der Waals surface area contributed by atoms with Crippen LogP contribution in [0.25, 0.3) is 0 Å². The second-order valence-corrected chi connectivity index (χ2v) is 3.89. The molecule has 0 fully saturated rings. The molecule has 7 nitrogen and oxygen atoms in total. The van der Waals surface area contributed by atoms with E-state index in [0.29, 0.717) is 6.54 Å². The van der Waals surface area contributed by atoms with Crippen molar-refractivity contribution in [1.82, 2.24) is 20.3 Å². The average Bonchev–Trinajstić information content (AvgIpc) is 2.81. The van der Waals surface area contributed by atoms with Gasteiger partial charge in [-0.25, -0.2) is 4.79 Å². The van der Waals surface area contributed by atoms with Crippen LogP contribution in [0.5, 0.6) is 0 Å². The molecule has 0 saturated carbocycles. The van der Waals surface area contributed by atoms with Crippen LogP contribution < -0.4 is 5.32 Å². The summed E-state index contributed by atoms with van der Waals surface area (Å²) in [5, 5.41) is 19.1. The summed E-state index contributed by atoms with van der Waals surface area (Å²) in [5.41, 5.74) is -0.0250. The van der Waals surface area contributed by atoms with E-state index in [-0.39, 0.29) is 5.69 Å². The van der Waals surface area contributed by atoms with Gasteiger partial charge in [0.1, 0.15) is 0 Å². The van der Waals surface area contributed by atoms with Crippen molar-refractivity contribution in [2.45, 2.75) is 26.3 Å². The van der Waals surface area contributed by atoms with Gasteiger partial charge in [-0.1, -0.05) is 12.1 Å². The highest BCUT2D eigenvalue weighted by atomic mass is 16.5. The summed E-state index contributed by atoms with van der Waals surface area (Å²) in [4.78, 5) is 10.6. The third-order valence-electron chi connectivity index (χ3n) is 2.27. The highest BCUT2D eigenvalue weighted by Gasteiger charge is 2.07. The molecule has 1 rings (SSSR count). The quantitative estimate of drug-likeness (QED) is 0.588. The van der Waals surface area contributed by atoms with E-state index >= 15 is 0 Å². The lowest BCUT2D eigenvalue weighted by Gasteiger charge is -2.05. The van der Waals surface area contributed by atoms with Gasteiger partial charge in [0.25, 0.3) is 0 Å². The van der Waals surface area contributed by atoms with Crippen LogP contribution >= 0.6 is 0 Å². The van der Waals surface area contributed by atoms with E-state index in [9.17, 15) is 4.79 Å². The zero-order valence-corrected chi connectivity index (χ0v) is 10.6. The topological polar surface area (TPSA) is 89.3 Å². The molecule has 0 unspecified atom stereocenters. The molecule has 18 heavy (non-hydrogen) atoms. The van der Waals surface area contributed by atoms with Crippen molar-refractivity contribution in [3.05, 3.63) is 11.9 Å². The highest BCUT2D eigenvalue weighted by molar-refractivity contribution is 5.84. The number of hydrogen-bond donors (Lipinski definition) is 2. The molecule has 0 atom stereocenters. The Balaban J connectivity index is 2.02. The molecule has 0 aromatic carbocycles. The number of nitrogens with one attached hydrogen (secondary N) is 1. The molecule has 102 valence electrons. The van der Waals surface area contributed by atoms with E-state index in [2.05, 4.69) is 22.6 Å².